The van der Waals surface area contributed by atoms with Crippen LogP contribution in [0.15, 0.2) is 66.3 Å². The number of aromatic nitrogens is 3. The number of anilines is 1. The fourth-order valence-electron chi connectivity index (χ4n) is 2.76. The van der Waals surface area contributed by atoms with E-state index in [1.807, 2.05) is 0 Å². The molecule has 1 N–H and O–H groups in total. The molecular weight excluding hydrogens is 457 g/mol. The molecule has 1 amide bonds. The summed E-state index contributed by atoms with van der Waals surface area (Å²) in [5.41, 5.74) is -0.171. The van der Waals surface area contributed by atoms with Crippen LogP contribution in [0.3, 0.4) is 0 Å². The number of hydrogen-bond donors (Lipinski definition) is 1. The fraction of sp³-hybridized carbons (Fsp3) is 0.227. The monoisotopic (exact) mass is 478 g/mol. The van der Waals surface area contributed by atoms with Crippen LogP contribution in [0.5, 0.6) is 11.5 Å². The molecule has 0 fully saturated rings. The lowest BCUT2D eigenvalue weighted by molar-refractivity contribution is -0.137. The number of carbonyl (C=O) groups is 1. The van der Waals surface area contributed by atoms with Crippen molar-refractivity contribution in [1.29, 1.82) is 0 Å². The molecule has 0 unspecified atom stereocenters. The van der Waals surface area contributed by atoms with Crippen LogP contribution in [0.1, 0.15) is 11.4 Å². The van der Waals surface area contributed by atoms with E-state index in [9.17, 15) is 18.0 Å². The van der Waals surface area contributed by atoms with Crippen LogP contribution in [0.25, 0.3) is 0 Å². The molecule has 1 aromatic heterocycles. The van der Waals surface area contributed by atoms with E-state index < -0.39 is 11.7 Å². The molecule has 0 aliphatic rings. The molecule has 3 aromatic rings. The Morgan fingerprint density at radius 2 is 1.94 bits per heavy atom. The normalized spacial score (nSPS) is 11.2. The second-order valence-electron chi connectivity index (χ2n) is 6.68. The second kappa shape index (κ2) is 10.9. The third kappa shape index (κ3) is 6.75. The lowest BCUT2D eigenvalue weighted by Crippen LogP contribution is -2.15. The van der Waals surface area contributed by atoms with Crippen LogP contribution < -0.4 is 14.8 Å². The first-order chi connectivity index (χ1) is 15.8. The van der Waals surface area contributed by atoms with Crippen molar-refractivity contribution in [3.05, 3.63) is 72.6 Å². The fourth-order valence-corrected chi connectivity index (χ4v) is 3.52. The summed E-state index contributed by atoms with van der Waals surface area (Å²) in [7, 11) is 1.56. The minimum atomic E-state index is -4.46. The number of hydrogen-bond acceptors (Lipinski definition) is 6. The molecule has 11 heteroatoms. The van der Waals surface area contributed by atoms with Crippen molar-refractivity contribution < 1.29 is 27.4 Å². The van der Waals surface area contributed by atoms with E-state index >= 15 is 0 Å². The Morgan fingerprint density at radius 1 is 1.18 bits per heavy atom. The molecule has 174 valence electrons. The van der Waals surface area contributed by atoms with Crippen molar-refractivity contribution >= 4 is 23.4 Å². The van der Waals surface area contributed by atoms with Gasteiger partial charge in [0, 0.05) is 12.2 Å². The van der Waals surface area contributed by atoms with Crippen LogP contribution >= 0.6 is 11.8 Å². The van der Waals surface area contributed by atoms with E-state index in [4.69, 9.17) is 9.47 Å². The number of alkyl halides is 3. The van der Waals surface area contributed by atoms with Crippen molar-refractivity contribution in [1.82, 2.24) is 14.8 Å². The van der Waals surface area contributed by atoms with E-state index in [2.05, 4.69) is 22.1 Å². The predicted octanol–water partition coefficient (Wildman–Crippen LogP) is 4.80. The number of allylic oxidation sites excluding steroid dienone is 1. The zero-order valence-electron chi connectivity index (χ0n) is 17.6. The highest BCUT2D eigenvalue weighted by Crippen LogP contribution is 2.31. The summed E-state index contributed by atoms with van der Waals surface area (Å²) in [6.45, 7) is 3.95. The maximum Gasteiger partial charge on any atom is 0.416 e. The molecule has 0 aliphatic carbocycles. The summed E-state index contributed by atoms with van der Waals surface area (Å²) in [4.78, 5) is 12.3. The molecule has 0 bridgehead atoms. The molecule has 0 spiro atoms. The standard InChI is InChI=1S/C22H21F3N4O3S/c1-3-11-29-19(13-32-18-6-4-5-15(12-18)22(23,24)25)27-28-21(29)33-14-20(30)26-16-7-9-17(31-2)10-8-16/h3-10,12H,1,11,13-14H2,2H3,(H,26,30). The Hall–Kier alpha value is -3.47. The van der Waals surface area contributed by atoms with E-state index in [0.717, 1.165) is 12.1 Å². The van der Waals surface area contributed by atoms with Gasteiger partial charge in [-0.15, -0.1) is 16.8 Å². The lowest BCUT2D eigenvalue weighted by atomic mass is 10.2. The molecule has 7 nitrogen and oxygen atoms in total. The van der Waals surface area contributed by atoms with Gasteiger partial charge in [-0.05, 0) is 42.5 Å². The molecule has 0 radical (unpaired) electrons. The average Bonchev–Trinajstić information content (AvgIpc) is 3.18. The summed E-state index contributed by atoms with van der Waals surface area (Å²) in [5, 5.41) is 11.4. The number of carbonyl (C=O) groups excluding carboxylic acids is 1. The molecule has 0 aliphatic heterocycles. The molecule has 33 heavy (non-hydrogen) atoms. The summed E-state index contributed by atoms with van der Waals surface area (Å²) in [6.07, 6.45) is -2.84. The number of rotatable bonds is 10. The van der Waals surface area contributed by atoms with Crippen molar-refractivity contribution in [2.75, 3.05) is 18.2 Å². The first-order valence-corrected chi connectivity index (χ1v) is 10.7. The van der Waals surface area contributed by atoms with Crippen LogP contribution in [0.4, 0.5) is 18.9 Å². The maximum absolute atomic E-state index is 12.9. The second-order valence-corrected chi connectivity index (χ2v) is 7.62. The third-order valence-electron chi connectivity index (χ3n) is 4.34. The van der Waals surface area contributed by atoms with Crippen LogP contribution in [-0.2, 0) is 24.1 Å². The minimum Gasteiger partial charge on any atom is -0.497 e. The van der Waals surface area contributed by atoms with Crippen LogP contribution in [0, 0.1) is 0 Å². The van der Waals surface area contributed by atoms with Crippen LogP contribution in [-0.4, -0.2) is 33.5 Å². The lowest BCUT2D eigenvalue weighted by Gasteiger charge is -2.11. The summed E-state index contributed by atoms with van der Waals surface area (Å²) in [6, 6.07) is 11.5. The minimum absolute atomic E-state index is 0.0612. The number of nitrogens with one attached hydrogen (secondary N) is 1. The topological polar surface area (TPSA) is 78.3 Å². The van der Waals surface area contributed by atoms with E-state index in [0.29, 0.717) is 29.0 Å². The highest BCUT2D eigenvalue weighted by molar-refractivity contribution is 7.99. The van der Waals surface area contributed by atoms with Crippen molar-refractivity contribution in [2.24, 2.45) is 0 Å². The highest BCUT2D eigenvalue weighted by atomic mass is 32.2. The first-order valence-electron chi connectivity index (χ1n) is 9.70. The molecule has 0 saturated heterocycles. The Bertz CT molecular complexity index is 1100. The number of nitrogens with zero attached hydrogens (tertiary/aromatic N) is 3. The van der Waals surface area contributed by atoms with Gasteiger partial charge in [-0.3, -0.25) is 9.36 Å². The highest BCUT2D eigenvalue weighted by Gasteiger charge is 2.30. The molecule has 0 saturated carbocycles. The molecule has 2 aromatic carbocycles. The number of halogens is 3. The van der Waals surface area contributed by atoms with Gasteiger partial charge in [-0.2, -0.15) is 13.2 Å². The zero-order valence-corrected chi connectivity index (χ0v) is 18.4. The van der Waals surface area contributed by atoms with Gasteiger partial charge in [0.1, 0.15) is 18.1 Å². The third-order valence-corrected chi connectivity index (χ3v) is 5.31. The largest absolute Gasteiger partial charge is 0.497 e. The summed E-state index contributed by atoms with van der Waals surface area (Å²) in [5.74, 6) is 0.979. The Labute approximate surface area is 192 Å². The van der Waals surface area contributed by atoms with Gasteiger partial charge in [0.2, 0.25) is 5.91 Å². The van der Waals surface area contributed by atoms with Crippen LogP contribution in [0.2, 0.25) is 0 Å². The Kier molecular flexibility index (Phi) is 7.99. The predicted molar refractivity (Wildman–Crippen MR) is 118 cm³/mol. The molecule has 0 atom stereocenters. The zero-order chi connectivity index (χ0) is 23.8. The Balaban J connectivity index is 1.61. The quantitative estimate of drug-likeness (QED) is 0.333. The summed E-state index contributed by atoms with van der Waals surface area (Å²) >= 11 is 1.17. The van der Waals surface area contributed by atoms with Crippen molar-refractivity contribution in [3.8, 4) is 11.5 Å². The van der Waals surface area contributed by atoms with Gasteiger partial charge in [-0.1, -0.05) is 23.9 Å². The van der Waals surface area contributed by atoms with Gasteiger partial charge >= 0.3 is 6.18 Å². The smallest absolute Gasteiger partial charge is 0.416 e. The first kappa shape index (κ1) is 24.2. The van der Waals surface area contributed by atoms with Gasteiger partial charge < -0.3 is 14.8 Å². The van der Waals surface area contributed by atoms with Crippen molar-refractivity contribution in [3.63, 3.8) is 0 Å². The van der Waals surface area contributed by atoms with Gasteiger partial charge in [0.25, 0.3) is 0 Å². The van der Waals surface area contributed by atoms with Gasteiger partial charge in [0.05, 0.1) is 18.4 Å². The number of ether oxygens (including phenoxy) is 2. The SMILES string of the molecule is C=CCn1c(COc2cccc(C(F)(F)F)c2)nnc1SCC(=O)Nc1ccc(OC)cc1. The number of methoxy groups -OCH3 is 1. The summed E-state index contributed by atoms with van der Waals surface area (Å²) < 4.78 is 50.9. The number of benzene rings is 2. The Morgan fingerprint density at radius 3 is 2.61 bits per heavy atom. The molecular formula is C22H21F3N4O3S. The van der Waals surface area contributed by atoms with E-state index in [-0.39, 0.29) is 24.0 Å². The molecule has 1 heterocycles. The number of amides is 1. The van der Waals surface area contributed by atoms with E-state index in [1.165, 1.54) is 23.9 Å². The molecule has 3 rings (SSSR count). The van der Waals surface area contributed by atoms with Crippen molar-refractivity contribution in [2.45, 2.75) is 24.5 Å². The van der Waals surface area contributed by atoms with Gasteiger partial charge in [-0.25, -0.2) is 0 Å². The number of thioether (sulfide) groups is 1. The van der Waals surface area contributed by atoms with E-state index in [1.54, 1.807) is 42.0 Å². The van der Waals surface area contributed by atoms with Gasteiger partial charge in [0.15, 0.2) is 11.0 Å². The average molecular weight is 478 g/mol. The maximum atomic E-state index is 12.9.